The molecule has 3 rings (SSSR count). The van der Waals surface area contributed by atoms with Crippen LogP contribution in [0.5, 0.6) is 0 Å². The normalized spacial score (nSPS) is 22.0. The minimum atomic E-state index is -0.456. The largest absolute Gasteiger partial charge is 0.392 e. The molecule has 1 atom stereocenters. The Kier molecular flexibility index (Phi) is 6.53. The highest BCUT2D eigenvalue weighted by Gasteiger charge is 2.41. The zero-order valence-corrected chi connectivity index (χ0v) is 16.7. The third kappa shape index (κ3) is 4.96. The minimum absolute atomic E-state index is 0.196. The topological polar surface area (TPSA) is 69.6 Å². The second-order valence-electron chi connectivity index (χ2n) is 7.71. The fourth-order valence-corrected chi connectivity index (χ4v) is 4.58. The summed E-state index contributed by atoms with van der Waals surface area (Å²) in [4.78, 5) is 25.3. The number of β-amino-alcohol motifs (C(OH)–C–C–N with tert-alkyl or cyclic N) is 1. The number of aliphatic hydroxyl groups is 1. The van der Waals surface area contributed by atoms with Gasteiger partial charge in [-0.25, -0.2) is 9.97 Å². The molecule has 0 unspecified atom stereocenters. The quantitative estimate of drug-likeness (QED) is 0.604. The van der Waals surface area contributed by atoms with Crippen molar-refractivity contribution in [3.63, 3.8) is 0 Å². The molecule has 1 aromatic rings. The van der Waals surface area contributed by atoms with Crippen LogP contribution in [0.4, 0.5) is 0 Å². The van der Waals surface area contributed by atoms with Crippen LogP contribution in [0.2, 0.25) is 0 Å². The van der Waals surface area contributed by atoms with Crippen LogP contribution in [-0.2, 0) is 11.3 Å². The summed E-state index contributed by atoms with van der Waals surface area (Å²) in [5, 5.41) is 10.5. The van der Waals surface area contributed by atoms with Gasteiger partial charge in [-0.15, -0.1) is 0 Å². The predicted molar refractivity (Wildman–Crippen MR) is 103 cm³/mol. The highest BCUT2D eigenvalue weighted by molar-refractivity contribution is 7.99. The summed E-state index contributed by atoms with van der Waals surface area (Å²) in [6, 6.07) is 0. The molecule has 0 bridgehead atoms. The molecule has 7 heteroatoms. The number of hydrogen-bond acceptors (Lipinski definition) is 6. The Hall–Kier alpha value is -1.18. The number of carbonyl (C=O) groups is 1. The van der Waals surface area contributed by atoms with Gasteiger partial charge in [-0.3, -0.25) is 9.69 Å². The van der Waals surface area contributed by atoms with Crippen molar-refractivity contribution in [1.29, 1.82) is 0 Å². The van der Waals surface area contributed by atoms with Gasteiger partial charge in [0.2, 0.25) is 5.91 Å². The van der Waals surface area contributed by atoms with Crippen LogP contribution in [0.1, 0.15) is 45.1 Å². The lowest BCUT2D eigenvalue weighted by atomic mass is 9.72. The van der Waals surface area contributed by atoms with Gasteiger partial charge in [0.25, 0.3) is 0 Å². The fourth-order valence-electron chi connectivity index (χ4n) is 4.07. The third-order valence-electron chi connectivity index (χ3n) is 5.51. The Morgan fingerprint density at radius 1 is 1.27 bits per heavy atom. The molecule has 1 aromatic heterocycles. The number of amides is 1. The maximum Gasteiger partial charge on any atom is 0.222 e. The number of thioether (sulfide) groups is 1. The van der Waals surface area contributed by atoms with Crippen molar-refractivity contribution in [2.24, 2.45) is 5.41 Å². The first kappa shape index (κ1) is 19.6. The van der Waals surface area contributed by atoms with Crippen LogP contribution in [0.25, 0.3) is 0 Å². The molecule has 6 nitrogen and oxygen atoms in total. The number of aromatic nitrogens is 2. The van der Waals surface area contributed by atoms with Crippen LogP contribution >= 0.6 is 11.8 Å². The van der Waals surface area contributed by atoms with Crippen LogP contribution in [0, 0.1) is 5.41 Å². The van der Waals surface area contributed by atoms with Crippen molar-refractivity contribution in [3.8, 4) is 0 Å². The minimum Gasteiger partial charge on any atom is -0.392 e. The Morgan fingerprint density at radius 2 is 1.96 bits per heavy atom. The molecular formula is C19H30N4O2S. The molecule has 2 saturated heterocycles. The van der Waals surface area contributed by atoms with E-state index in [0.29, 0.717) is 13.0 Å². The molecule has 0 radical (unpaired) electrons. The van der Waals surface area contributed by atoms with Gasteiger partial charge in [0, 0.05) is 44.0 Å². The first-order valence-electron chi connectivity index (χ1n) is 9.61. The van der Waals surface area contributed by atoms with Crippen molar-refractivity contribution >= 4 is 17.7 Å². The van der Waals surface area contributed by atoms with E-state index in [-0.39, 0.29) is 11.3 Å². The molecule has 0 aliphatic carbocycles. The number of rotatable bonds is 6. The molecular weight excluding hydrogens is 348 g/mol. The number of aliphatic hydroxyl groups excluding tert-OH is 1. The molecule has 0 aromatic carbocycles. The van der Waals surface area contributed by atoms with Crippen molar-refractivity contribution in [1.82, 2.24) is 19.8 Å². The Balaban J connectivity index is 1.52. The van der Waals surface area contributed by atoms with E-state index in [0.717, 1.165) is 61.9 Å². The van der Waals surface area contributed by atoms with Gasteiger partial charge < -0.3 is 10.0 Å². The monoisotopic (exact) mass is 378 g/mol. The summed E-state index contributed by atoms with van der Waals surface area (Å²) in [7, 11) is 0. The number of hydrogen-bond donors (Lipinski definition) is 1. The van der Waals surface area contributed by atoms with Gasteiger partial charge in [-0.2, -0.15) is 0 Å². The van der Waals surface area contributed by atoms with Gasteiger partial charge in [0.05, 0.1) is 6.10 Å². The number of likely N-dealkylation sites (tertiary alicyclic amines) is 2. The van der Waals surface area contributed by atoms with Gasteiger partial charge in [-0.05, 0) is 50.4 Å². The lowest BCUT2D eigenvalue weighted by molar-refractivity contribution is -0.140. The Bertz CT molecular complexity index is 600. The molecule has 3 heterocycles. The van der Waals surface area contributed by atoms with E-state index in [9.17, 15) is 9.90 Å². The second-order valence-corrected chi connectivity index (χ2v) is 8.94. The molecule has 1 amide bonds. The van der Waals surface area contributed by atoms with Crippen molar-refractivity contribution < 1.29 is 9.90 Å². The van der Waals surface area contributed by atoms with Crippen molar-refractivity contribution in [3.05, 3.63) is 18.0 Å². The van der Waals surface area contributed by atoms with Gasteiger partial charge >= 0.3 is 0 Å². The molecule has 2 aliphatic rings. The van der Waals surface area contributed by atoms with E-state index in [2.05, 4.69) is 21.8 Å². The highest BCUT2D eigenvalue weighted by atomic mass is 32.2. The standard InChI is InChI=1S/C19H30N4O2S/c1-3-26-18-20-10-16(11-21-18)13-22-8-6-19(7-9-22)5-4-17(25)23(14-19)12-15(2)24/h10-11,15,24H,3-9,12-14H2,1-2H3/t15-/m1/s1. The van der Waals surface area contributed by atoms with E-state index >= 15 is 0 Å². The average molecular weight is 379 g/mol. The smallest absolute Gasteiger partial charge is 0.222 e. The van der Waals surface area contributed by atoms with Crippen molar-refractivity contribution in [2.45, 2.75) is 57.3 Å². The second kappa shape index (κ2) is 8.67. The van der Waals surface area contributed by atoms with Gasteiger partial charge in [0.15, 0.2) is 5.16 Å². The predicted octanol–water partition coefficient (Wildman–Crippen LogP) is 2.17. The zero-order valence-electron chi connectivity index (χ0n) is 15.9. The fraction of sp³-hybridized carbons (Fsp3) is 0.737. The van der Waals surface area contributed by atoms with E-state index in [4.69, 9.17) is 0 Å². The van der Waals surface area contributed by atoms with Crippen molar-refractivity contribution in [2.75, 3.05) is 31.9 Å². The Morgan fingerprint density at radius 3 is 2.58 bits per heavy atom. The van der Waals surface area contributed by atoms with Gasteiger partial charge in [-0.1, -0.05) is 18.7 Å². The first-order valence-corrected chi connectivity index (χ1v) is 10.6. The molecule has 1 N–H and O–H groups in total. The summed E-state index contributed by atoms with van der Waals surface area (Å²) >= 11 is 1.66. The molecule has 144 valence electrons. The van der Waals surface area contributed by atoms with E-state index in [1.165, 1.54) is 0 Å². The van der Waals surface area contributed by atoms with Gasteiger partial charge in [0.1, 0.15) is 0 Å². The maximum atomic E-state index is 12.1. The summed E-state index contributed by atoms with van der Waals surface area (Å²) in [5.41, 5.74) is 1.40. The molecule has 2 aliphatic heterocycles. The number of piperidine rings is 2. The zero-order chi connectivity index (χ0) is 18.6. The molecule has 0 saturated carbocycles. The van der Waals surface area contributed by atoms with E-state index in [1.807, 2.05) is 17.3 Å². The summed E-state index contributed by atoms with van der Waals surface area (Å²) in [6.07, 6.45) is 7.27. The maximum absolute atomic E-state index is 12.1. The summed E-state index contributed by atoms with van der Waals surface area (Å²) in [5.74, 6) is 1.18. The molecule has 2 fully saturated rings. The molecule has 26 heavy (non-hydrogen) atoms. The first-order chi connectivity index (χ1) is 12.5. The SMILES string of the molecule is CCSc1ncc(CN2CCC3(CCC(=O)N(C[C@@H](C)O)C3)CC2)cn1. The average Bonchev–Trinajstić information content (AvgIpc) is 2.62. The molecule has 1 spiro atoms. The van der Waals surface area contributed by atoms with Crippen LogP contribution in [0.15, 0.2) is 17.6 Å². The third-order valence-corrected chi connectivity index (χ3v) is 6.27. The highest BCUT2D eigenvalue weighted by Crippen LogP contribution is 2.40. The van der Waals surface area contributed by atoms with E-state index in [1.54, 1.807) is 18.7 Å². The lowest BCUT2D eigenvalue weighted by Crippen LogP contribution is -2.52. The van der Waals surface area contributed by atoms with E-state index < -0.39 is 6.10 Å². The van der Waals surface area contributed by atoms with Crippen LogP contribution in [-0.4, -0.2) is 68.8 Å². The van der Waals surface area contributed by atoms with Crippen LogP contribution in [0.3, 0.4) is 0 Å². The number of carbonyl (C=O) groups excluding carboxylic acids is 1. The van der Waals surface area contributed by atoms with Crippen LogP contribution < -0.4 is 0 Å². The lowest BCUT2D eigenvalue weighted by Gasteiger charge is -2.47. The summed E-state index contributed by atoms with van der Waals surface area (Å²) in [6.45, 7) is 8.10. The Labute approximate surface area is 160 Å². The number of nitrogens with zero attached hydrogens (tertiary/aromatic N) is 4. The summed E-state index contributed by atoms with van der Waals surface area (Å²) < 4.78 is 0.